The SMILES string of the molecule is CCC(=N)c1ccc(C2(C#N)CCC(C(=O)O)CC2)cc1Nc1ccc(F)cc1. The van der Waals surface area contributed by atoms with Gasteiger partial charge >= 0.3 is 5.97 Å². The minimum absolute atomic E-state index is 0.329. The molecule has 150 valence electrons. The van der Waals surface area contributed by atoms with E-state index in [1.165, 1.54) is 12.1 Å². The summed E-state index contributed by atoms with van der Waals surface area (Å²) >= 11 is 0. The maximum Gasteiger partial charge on any atom is 0.306 e. The van der Waals surface area contributed by atoms with E-state index < -0.39 is 17.3 Å². The molecular formula is C23H24FN3O2. The molecule has 6 heteroatoms. The van der Waals surface area contributed by atoms with E-state index in [4.69, 9.17) is 5.41 Å². The molecule has 1 saturated carbocycles. The molecule has 0 spiro atoms. The maximum atomic E-state index is 13.2. The Hall–Kier alpha value is -3.20. The van der Waals surface area contributed by atoms with Crippen LogP contribution in [-0.4, -0.2) is 16.8 Å². The van der Waals surface area contributed by atoms with Crippen LogP contribution in [-0.2, 0) is 10.2 Å². The zero-order valence-electron chi connectivity index (χ0n) is 16.3. The van der Waals surface area contributed by atoms with Gasteiger partial charge in [0.1, 0.15) is 5.82 Å². The van der Waals surface area contributed by atoms with E-state index in [1.807, 2.05) is 25.1 Å². The number of carboxylic acids is 1. The number of anilines is 2. The number of carboxylic acid groups (broad SMARTS) is 1. The van der Waals surface area contributed by atoms with Crippen molar-refractivity contribution in [2.24, 2.45) is 5.92 Å². The molecule has 0 aromatic heterocycles. The normalized spacial score (nSPS) is 21.2. The summed E-state index contributed by atoms with van der Waals surface area (Å²) in [6.07, 6.45) is 2.47. The van der Waals surface area contributed by atoms with E-state index in [0.29, 0.717) is 49.2 Å². The van der Waals surface area contributed by atoms with Gasteiger partial charge in [-0.2, -0.15) is 5.26 Å². The molecule has 2 aromatic carbocycles. The molecule has 5 nitrogen and oxygen atoms in total. The smallest absolute Gasteiger partial charge is 0.306 e. The van der Waals surface area contributed by atoms with Crippen molar-refractivity contribution in [2.45, 2.75) is 44.4 Å². The Bertz CT molecular complexity index is 955. The molecule has 0 saturated heterocycles. The van der Waals surface area contributed by atoms with Crippen molar-refractivity contribution in [3.05, 3.63) is 59.4 Å². The van der Waals surface area contributed by atoms with Crippen molar-refractivity contribution >= 4 is 23.1 Å². The van der Waals surface area contributed by atoms with Gasteiger partial charge in [-0.1, -0.05) is 19.1 Å². The number of nitrogens with zero attached hydrogens (tertiary/aromatic N) is 1. The Balaban J connectivity index is 1.97. The van der Waals surface area contributed by atoms with Gasteiger partial charge in [-0.15, -0.1) is 0 Å². The highest BCUT2D eigenvalue weighted by Gasteiger charge is 2.39. The van der Waals surface area contributed by atoms with Crippen LogP contribution < -0.4 is 5.32 Å². The summed E-state index contributed by atoms with van der Waals surface area (Å²) in [5.74, 6) is -1.53. The molecule has 0 amide bonds. The molecule has 0 bridgehead atoms. The average Bonchev–Trinajstić information content (AvgIpc) is 2.74. The van der Waals surface area contributed by atoms with Crippen molar-refractivity contribution in [1.82, 2.24) is 0 Å². The summed E-state index contributed by atoms with van der Waals surface area (Å²) in [4.78, 5) is 11.3. The van der Waals surface area contributed by atoms with Gasteiger partial charge in [-0.25, -0.2) is 4.39 Å². The molecule has 1 aliphatic rings. The van der Waals surface area contributed by atoms with E-state index >= 15 is 0 Å². The zero-order chi connectivity index (χ0) is 21.0. The van der Waals surface area contributed by atoms with Crippen molar-refractivity contribution in [2.75, 3.05) is 5.32 Å². The van der Waals surface area contributed by atoms with Gasteiger partial charge in [-0.05, 0) is 68.0 Å². The standard InChI is InChI=1S/C23H24FN3O2/c1-2-20(26)19-8-3-16(13-21(19)27-18-6-4-17(24)5-7-18)23(14-25)11-9-15(10-12-23)22(28)29/h3-8,13,15,26-27H,2,9-12H2,1H3,(H,28,29). The fraction of sp³-hybridized carbons (Fsp3) is 0.348. The van der Waals surface area contributed by atoms with Crippen LogP contribution in [0.5, 0.6) is 0 Å². The van der Waals surface area contributed by atoms with Crippen LogP contribution in [0.15, 0.2) is 42.5 Å². The first kappa shape index (κ1) is 20.5. The fourth-order valence-corrected chi connectivity index (χ4v) is 3.91. The van der Waals surface area contributed by atoms with Gasteiger partial charge in [0.2, 0.25) is 0 Å². The van der Waals surface area contributed by atoms with Gasteiger partial charge in [0, 0.05) is 22.6 Å². The zero-order valence-corrected chi connectivity index (χ0v) is 16.3. The minimum Gasteiger partial charge on any atom is -0.481 e. The summed E-state index contributed by atoms with van der Waals surface area (Å²) in [5.41, 5.74) is 2.65. The monoisotopic (exact) mass is 393 g/mol. The number of halogens is 1. The summed E-state index contributed by atoms with van der Waals surface area (Å²) < 4.78 is 13.2. The largest absolute Gasteiger partial charge is 0.481 e. The lowest BCUT2D eigenvalue weighted by molar-refractivity contribution is -0.143. The average molecular weight is 393 g/mol. The third kappa shape index (κ3) is 4.29. The van der Waals surface area contributed by atoms with Crippen molar-refractivity contribution in [1.29, 1.82) is 10.7 Å². The molecule has 0 aliphatic heterocycles. The molecule has 0 heterocycles. The highest BCUT2D eigenvalue weighted by molar-refractivity contribution is 6.03. The first-order valence-electron chi connectivity index (χ1n) is 9.77. The maximum absolute atomic E-state index is 13.2. The van der Waals surface area contributed by atoms with Crippen LogP contribution in [0.4, 0.5) is 15.8 Å². The van der Waals surface area contributed by atoms with Gasteiger partial charge < -0.3 is 15.8 Å². The van der Waals surface area contributed by atoms with E-state index in [-0.39, 0.29) is 5.82 Å². The minimum atomic E-state index is -0.804. The molecule has 3 N–H and O–H groups in total. The first-order chi connectivity index (χ1) is 13.9. The molecule has 1 aliphatic carbocycles. The van der Waals surface area contributed by atoms with E-state index in [0.717, 1.165) is 11.1 Å². The predicted octanol–water partition coefficient (Wildman–Crippen LogP) is 5.38. The van der Waals surface area contributed by atoms with Crippen molar-refractivity contribution in [3.63, 3.8) is 0 Å². The Labute approximate surface area is 169 Å². The summed E-state index contributed by atoms with van der Waals surface area (Å²) in [6.45, 7) is 1.90. The number of nitriles is 1. The van der Waals surface area contributed by atoms with E-state index in [1.54, 1.807) is 12.1 Å². The number of hydrogen-bond acceptors (Lipinski definition) is 4. The van der Waals surface area contributed by atoms with Crippen LogP contribution in [0.1, 0.15) is 50.2 Å². The Morgan fingerprint density at radius 1 is 1.28 bits per heavy atom. The van der Waals surface area contributed by atoms with Crippen LogP contribution >= 0.6 is 0 Å². The number of carbonyl (C=O) groups is 1. The van der Waals surface area contributed by atoms with Gasteiger partial charge in [0.25, 0.3) is 0 Å². The summed E-state index contributed by atoms with van der Waals surface area (Å²) in [6, 6.07) is 14.0. The highest BCUT2D eigenvalue weighted by atomic mass is 19.1. The lowest BCUT2D eigenvalue weighted by Gasteiger charge is -2.34. The number of benzene rings is 2. The third-order valence-electron chi connectivity index (χ3n) is 5.78. The van der Waals surface area contributed by atoms with Gasteiger partial charge in [0.15, 0.2) is 0 Å². The quantitative estimate of drug-likeness (QED) is 0.574. The summed E-state index contributed by atoms with van der Waals surface area (Å²) in [5, 5.41) is 30.7. The second-order valence-electron chi connectivity index (χ2n) is 7.53. The fourth-order valence-electron chi connectivity index (χ4n) is 3.91. The molecular weight excluding hydrogens is 369 g/mol. The second-order valence-corrected chi connectivity index (χ2v) is 7.53. The Morgan fingerprint density at radius 2 is 1.93 bits per heavy atom. The number of rotatable bonds is 6. The van der Waals surface area contributed by atoms with Crippen LogP contribution in [0.3, 0.4) is 0 Å². The molecule has 3 rings (SSSR count). The van der Waals surface area contributed by atoms with E-state index in [9.17, 15) is 19.6 Å². The molecule has 2 aromatic rings. The molecule has 0 unspecified atom stereocenters. The second kappa shape index (κ2) is 8.44. The lowest BCUT2D eigenvalue weighted by Crippen LogP contribution is -2.33. The van der Waals surface area contributed by atoms with Crippen LogP contribution in [0.25, 0.3) is 0 Å². The van der Waals surface area contributed by atoms with Gasteiger partial charge in [0.05, 0.1) is 17.4 Å². The predicted molar refractivity (Wildman–Crippen MR) is 110 cm³/mol. The molecule has 29 heavy (non-hydrogen) atoms. The highest BCUT2D eigenvalue weighted by Crippen LogP contribution is 2.42. The topological polar surface area (TPSA) is 97.0 Å². The Morgan fingerprint density at radius 3 is 2.48 bits per heavy atom. The number of nitrogens with one attached hydrogen (secondary N) is 2. The first-order valence-corrected chi connectivity index (χ1v) is 9.77. The van der Waals surface area contributed by atoms with Crippen molar-refractivity contribution < 1.29 is 14.3 Å². The number of aliphatic carboxylic acids is 1. The van der Waals surface area contributed by atoms with E-state index in [2.05, 4.69) is 11.4 Å². The molecule has 0 radical (unpaired) electrons. The third-order valence-corrected chi connectivity index (χ3v) is 5.78. The van der Waals surface area contributed by atoms with Crippen LogP contribution in [0, 0.1) is 28.5 Å². The lowest BCUT2D eigenvalue weighted by atomic mass is 9.67. The Kier molecular flexibility index (Phi) is 5.97. The van der Waals surface area contributed by atoms with Gasteiger partial charge in [-0.3, -0.25) is 4.79 Å². The molecule has 1 fully saturated rings. The summed E-state index contributed by atoms with van der Waals surface area (Å²) in [7, 11) is 0. The van der Waals surface area contributed by atoms with Crippen LogP contribution in [0.2, 0.25) is 0 Å². The van der Waals surface area contributed by atoms with Crippen molar-refractivity contribution in [3.8, 4) is 6.07 Å². The number of hydrogen-bond donors (Lipinski definition) is 3. The molecule has 0 atom stereocenters.